The van der Waals surface area contributed by atoms with Gasteiger partial charge in [0.25, 0.3) is 0 Å². The number of hydrogen-bond donors (Lipinski definition) is 1. The molecular weight excluding hydrogens is 264 g/mol. The Kier molecular flexibility index (Phi) is 5.74. The summed E-state index contributed by atoms with van der Waals surface area (Å²) in [6, 6.07) is 7.29. The number of nitrogens with one attached hydrogen (secondary N) is 1. The van der Waals surface area contributed by atoms with Crippen LogP contribution in [0.5, 0.6) is 11.5 Å². The highest BCUT2D eigenvalue weighted by molar-refractivity contribution is 5.55. The zero-order chi connectivity index (χ0) is 15.2. The van der Waals surface area contributed by atoms with Crippen LogP contribution in [0, 0.1) is 0 Å². The summed E-state index contributed by atoms with van der Waals surface area (Å²) in [4.78, 5) is 2.42. The van der Waals surface area contributed by atoms with Crippen LogP contribution in [0.15, 0.2) is 18.2 Å². The van der Waals surface area contributed by atoms with Gasteiger partial charge in [0.1, 0.15) is 0 Å². The summed E-state index contributed by atoms with van der Waals surface area (Å²) in [6.07, 6.45) is 2.35. The molecule has 0 saturated carbocycles. The largest absolute Gasteiger partial charge is 0.490 e. The number of ether oxygens (including phenoxy) is 2. The monoisotopic (exact) mass is 292 g/mol. The van der Waals surface area contributed by atoms with Crippen LogP contribution in [0.1, 0.15) is 33.6 Å². The van der Waals surface area contributed by atoms with Crippen LogP contribution in [0.4, 0.5) is 5.69 Å². The third kappa shape index (κ3) is 4.27. The molecule has 0 bridgehead atoms. The molecular formula is C17H28N2O2. The molecule has 1 aromatic carbocycles. The van der Waals surface area contributed by atoms with Crippen molar-refractivity contribution in [2.75, 3.05) is 32.1 Å². The molecule has 4 heteroatoms. The van der Waals surface area contributed by atoms with E-state index in [9.17, 15) is 0 Å². The maximum absolute atomic E-state index is 5.68. The van der Waals surface area contributed by atoms with Crippen LogP contribution in [-0.4, -0.2) is 43.8 Å². The minimum atomic E-state index is 0.531. The molecule has 2 atom stereocenters. The Morgan fingerprint density at radius 1 is 1.19 bits per heavy atom. The molecule has 1 aliphatic heterocycles. The van der Waals surface area contributed by atoms with Crippen LogP contribution in [0.2, 0.25) is 0 Å². The Balaban J connectivity index is 2.04. The van der Waals surface area contributed by atoms with Gasteiger partial charge >= 0.3 is 0 Å². The van der Waals surface area contributed by atoms with Crippen molar-refractivity contribution < 1.29 is 9.47 Å². The molecule has 1 fully saturated rings. The lowest BCUT2D eigenvalue weighted by molar-refractivity contribution is 0.190. The van der Waals surface area contributed by atoms with E-state index in [0.717, 1.165) is 23.7 Å². The normalized spacial score (nSPS) is 22.9. The fourth-order valence-electron chi connectivity index (χ4n) is 2.80. The number of likely N-dealkylation sites (tertiary alicyclic amines) is 1. The minimum Gasteiger partial charge on any atom is -0.490 e. The highest BCUT2D eigenvalue weighted by atomic mass is 16.5. The maximum Gasteiger partial charge on any atom is 0.163 e. The van der Waals surface area contributed by atoms with E-state index < -0.39 is 0 Å². The van der Waals surface area contributed by atoms with Gasteiger partial charge in [-0.3, -0.25) is 0 Å². The molecule has 1 saturated heterocycles. The van der Waals surface area contributed by atoms with E-state index in [-0.39, 0.29) is 0 Å². The standard InChI is InChI=1S/C17H28N2O2/c1-5-20-16-8-7-14(12-17(16)21-6-2)18-15-9-10-19(4)13(3)11-15/h7-8,12-13,15,18H,5-6,9-11H2,1-4H3. The minimum absolute atomic E-state index is 0.531. The molecule has 2 rings (SSSR count). The summed E-state index contributed by atoms with van der Waals surface area (Å²) in [6.45, 7) is 8.72. The summed E-state index contributed by atoms with van der Waals surface area (Å²) in [5, 5.41) is 3.64. The van der Waals surface area contributed by atoms with E-state index in [1.807, 2.05) is 19.9 Å². The lowest BCUT2D eigenvalue weighted by Gasteiger charge is -2.35. The number of benzene rings is 1. The molecule has 0 aromatic heterocycles. The van der Waals surface area contributed by atoms with Crippen molar-refractivity contribution in [3.8, 4) is 11.5 Å². The third-order valence-corrected chi connectivity index (χ3v) is 4.12. The van der Waals surface area contributed by atoms with Crippen molar-refractivity contribution in [2.45, 2.75) is 45.7 Å². The number of anilines is 1. The van der Waals surface area contributed by atoms with Crippen molar-refractivity contribution >= 4 is 5.69 Å². The first-order chi connectivity index (χ1) is 10.1. The van der Waals surface area contributed by atoms with Gasteiger partial charge in [0.2, 0.25) is 0 Å². The van der Waals surface area contributed by atoms with Gasteiger partial charge in [0.05, 0.1) is 13.2 Å². The van der Waals surface area contributed by atoms with Crippen LogP contribution in [0.25, 0.3) is 0 Å². The number of rotatable bonds is 6. The van der Waals surface area contributed by atoms with Gasteiger partial charge in [-0.1, -0.05) is 0 Å². The van der Waals surface area contributed by atoms with Crippen molar-refractivity contribution in [1.29, 1.82) is 0 Å². The first-order valence-electron chi connectivity index (χ1n) is 8.00. The Labute approximate surface area is 128 Å². The molecule has 21 heavy (non-hydrogen) atoms. The molecule has 0 spiro atoms. The summed E-state index contributed by atoms with van der Waals surface area (Å²) < 4.78 is 11.3. The molecule has 1 aliphatic rings. The number of nitrogens with zero attached hydrogens (tertiary/aromatic N) is 1. The second-order valence-electron chi connectivity index (χ2n) is 5.72. The van der Waals surface area contributed by atoms with E-state index in [4.69, 9.17) is 9.47 Å². The summed E-state index contributed by atoms with van der Waals surface area (Å²) in [7, 11) is 2.20. The molecule has 1 aromatic rings. The predicted octanol–water partition coefficient (Wildman–Crippen LogP) is 3.38. The highest BCUT2D eigenvalue weighted by Gasteiger charge is 2.22. The van der Waals surface area contributed by atoms with Gasteiger partial charge in [-0.2, -0.15) is 0 Å². The van der Waals surface area contributed by atoms with Crippen LogP contribution < -0.4 is 14.8 Å². The SMILES string of the molecule is CCOc1ccc(NC2CCN(C)C(C)C2)cc1OCC. The van der Waals surface area contributed by atoms with Gasteiger partial charge in [0, 0.05) is 30.4 Å². The Morgan fingerprint density at radius 3 is 2.57 bits per heavy atom. The van der Waals surface area contributed by atoms with Gasteiger partial charge in [0.15, 0.2) is 11.5 Å². The summed E-state index contributed by atoms with van der Waals surface area (Å²) in [5.41, 5.74) is 1.11. The second-order valence-corrected chi connectivity index (χ2v) is 5.72. The summed E-state index contributed by atoms with van der Waals surface area (Å²) >= 11 is 0. The number of hydrogen-bond acceptors (Lipinski definition) is 4. The maximum atomic E-state index is 5.68. The number of piperidine rings is 1. The molecule has 1 N–H and O–H groups in total. The van der Waals surface area contributed by atoms with E-state index >= 15 is 0 Å². The van der Waals surface area contributed by atoms with Crippen LogP contribution in [0.3, 0.4) is 0 Å². The van der Waals surface area contributed by atoms with E-state index in [1.54, 1.807) is 0 Å². The second kappa shape index (κ2) is 7.55. The van der Waals surface area contributed by atoms with Gasteiger partial charge in [-0.05, 0) is 52.8 Å². The van der Waals surface area contributed by atoms with Crippen molar-refractivity contribution in [1.82, 2.24) is 4.90 Å². The fourth-order valence-corrected chi connectivity index (χ4v) is 2.80. The first kappa shape index (κ1) is 16.0. The average molecular weight is 292 g/mol. The van der Waals surface area contributed by atoms with Crippen molar-refractivity contribution in [2.24, 2.45) is 0 Å². The van der Waals surface area contributed by atoms with Crippen LogP contribution in [-0.2, 0) is 0 Å². The highest BCUT2D eigenvalue weighted by Crippen LogP contribution is 2.31. The predicted molar refractivity (Wildman–Crippen MR) is 87.5 cm³/mol. The van der Waals surface area contributed by atoms with E-state index in [2.05, 4.69) is 36.3 Å². The Bertz CT molecular complexity index is 450. The Hall–Kier alpha value is -1.42. The van der Waals surface area contributed by atoms with Gasteiger partial charge in [-0.25, -0.2) is 0 Å². The lowest BCUT2D eigenvalue weighted by atomic mass is 9.98. The zero-order valence-corrected chi connectivity index (χ0v) is 13.7. The molecule has 0 amide bonds. The van der Waals surface area contributed by atoms with Gasteiger partial charge < -0.3 is 19.7 Å². The summed E-state index contributed by atoms with van der Waals surface area (Å²) in [5.74, 6) is 1.65. The lowest BCUT2D eigenvalue weighted by Crippen LogP contribution is -2.42. The van der Waals surface area contributed by atoms with Crippen molar-refractivity contribution in [3.05, 3.63) is 18.2 Å². The first-order valence-corrected chi connectivity index (χ1v) is 8.00. The topological polar surface area (TPSA) is 33.7 Å². The van der Waals surface area contributed by atoms with E-state index in [1.165, 1.54) is 12.8 Å². The van der Waals surface area contributed by atoms with Crippen molar-refractivity contribution in [3.63, 3.8) is 0 Å². The molecule has 118 valence electrons. The van der Waals surface area contributed by atoms with Gasteiger partial charge in [-0.15, -0.1) is 0 Å². The fraction of sp³-hybridized carbons (Fsp3) is 0.647. The van der Waals surface area contributed by atoms with E-state index in [0.29, 0.717) is 25.3 Å². The molecule has 2 unspecified atom stereocenters. The quantitative estimate of drug-likeness (QED) is 0.871. The average Bonchev–Trinajstić information content (AvgIpc) is 2.46. The smallest absolute Gasteiger partial charge is 0.163 e. The van der Waals surface area contributed by atoms with Crippen LogP contribution >= 0.6 is 0 Å². The molecule has 0 aliphatic carbocycles. The molecule has 0 radical (unpaired) electrons. The third-order valence-electron chi connectivity index (χ3n) is 4.12. The molecule has 4 nitrogen and oxygen atoms in total. The Morgan fingerprint density at radius 2 is 1.90 bits per heavy atom. The molecule has 1 heterocycles. The zero-order valence-electron chi connectivity index (χ0n) is 13.7.